The molecule has 0 aromatic carbocycles. The molecule has 0 aromatic rings. The lowest BCUT2D eigenvalue weighted by molar-refractivity contribution is 0.0260. The zero-order valence-electron chi connectivity index (χ0n) is 20.0. The van der Waals surface area contributed by atoms with E-state index in [2.05, 4.69) is 50.1 Å². The maximum absolute atomic E-state index is 6.07. The van der Waals surface area contributed by atoms with E-state index in [0.717, 1.165) is 18.9 Å². The number of likely N-dealkylation sites (tertiary alicyclic amines) is 1. The van der Waals surface area contributed by atoms with Crippen molar-refractivity contribution in [2.45, 2.75) is 116 Å². The van der Waals surface area contributed by atoms with Crippen LogP contribution in [0.3, 0.4) is 0 Å². The number of unbranched alkanes of at least 4 members (excludes halogenated alkanes) is 11. The number of allylic oxidation sites excluding steroid dienone is 4. The Kier molecular flexibility index (Phi) is 17.7. The maximum Gasteiger partial charge on any atom is 0.0587 e. The lowest BCUT2D eigenvalue weighted by Crippen LogP contribution is -2.24. The molecule has 0 aliphatic carbocycles. The molecule has 1 aliphatic rings. The molecular formula is C27H51NO. The van der Waals surface area contributed by atoms with Crippen molar-refractivity contribution in [3.63, 3.8) is 0 Å². The molecule has 2 unspecified atom stereocenters. The Morgan fingerprint density at radius 2 is 1.41 bits per heavy atom. The van der Waals surface area contributed by atoms with Gasteiger partial charge in [0.1, 0.15) is 0 Å². The van der Waals surface area contributed by atoms with Gasteiger partial charge in [0.15, 0.2) is 0 Å². The second-order valence-corrected chi connectivity index (χ2v) is 9.18. The zero-order chi connectivity index (χ0) is 21.0. The van der Waals surface area contributed by atoms with E-state index < -0.39 is 0 Å². The summed E-state index contributed by atoms with van der Waals surface area (Å²) in [7, 11) is 2.22. The van der Waals surface area contributed by atoms with E-state index in [1.54, 1.807) is 0 Å². The molecule has 1 aliphatic heterocycles. The van der Waals surface area contributed by atoms with Gasteiger partial charge in [0.2, 0.25) is 0 Å². The lowest BCUT2D eigenvalue weighted by Gasteiger charge is -2.19. The normalized spacial score (nSPS) is 19.1. The Hall–Kier alpha value is -0.600. The molecule has 0 N–H and O–H groups in total. The summed E-state index contributed by atoms with van der Waals surface area (Å²) >= 11 is 0. The number of rotatable bonds is 19. The molecule has 1 rings (SSSR count). The van der Waals surface area contributed by atoms with Crippen molar-refractivity contribution in [3.05, 3.63) is 24.3 Å². The quantitative estimate of drug-likeness (QED) is 0.160. The van der Waals surface area contributed by atoms with Crippen molar-refractivity contribution in [1.29, 1.82) is 0 Å². The molecule has 1 saturated heterocycles. The summed E-state index contributed by atoms with van der Waals surface area (Å²) in [5.74, 6) is 0.752. The smallest absolute Gasteiger partial charge is 0.0587 e. The topological polar surface area (TPSA) is 12.5 Å². The molecule has 0 amide bonds. The van der Waals surface area contributed by atoms with Crippen LogP contribution in [-0.2, 0) is 4.74 Å². The third kappa shape index (κ3) is 15.8. The highest BCUT2D eigenvalue weighted by Gasteiger charge is 2.25. The summed E-state index contributed by atoms with van der Waals surface area (Å²) in [5, 5.41) is 0. The molecule has 29 heavy (non-hydrogen) atoms. The number of nitrogens with zero attached hydrogens (tertiary/aromatic N) is 1. The van der Waals surface area contributed by atoms with Gasteiger partial charge < -0.3 is 9.64 Å². The number of ether oxygens (including phenoxy) is 1. The predicted octanol–water partition coefficient (Wildman–Crippen LogP) is 7.94. The third-order valence-corrected chi connectivity index (χ3v) is 6.32. The van der Waals surface area contributed by atoms with Crippen LogP contribution in [0.4, 0.5) is 0 Å². The van der Waals surface area contributed by atoms with Gasteiger partial charge in [-0.3, -0.25) is 0 Å². The van der Waals surface area contributed by atoms with Crippen molar-refractivity contribution in [3.8, 4) is 0 Å². The van der Waals surface area contributed by atoms with Crippen molar-refractivity contribution in [2.75, 3.05) is 26.7 Å². The van der Waals surface area contributed by atoms with Crippen LogP contribution in [0.1, 0.15) is 110 Å². The minimum Gasteiger partial charge on any atom is -0.378 e. The van der Waals surface area contributed by atoms with Gasteiger partial charge in [-0.1, -0.05) is 82.6 Å². The fraction of sp³-hybridized carbons (Fsp3) is 0.852. The van der Waals surface area contributed by atoms with Crippen LogP contribution >= 0.6 is 0 Å². The first-order chi connectivity index (χ1) is 14.2. The Balaban J connectivity index is 1.76. The van der Waals surface area contributed by atoms with Crippen molar-refractivity contribution >= 4 is 0 Å². The average molecular weight is 406 g/mol. The minimum atomic E-state index is 0.441. The Morgan fingerprint density at radius 3 is 2.00 bits per heavy atom. The van der Waals surface area contributed by atoms with Gasteiger partial charge in [-0.15, -0.1) is 0 Å². The highest BCUT2D eigenvalue weighted by molar-refractivity contribution is 4.92. The fourth-order valence-electron chi connectivity index (χ4n) is 4.20. The molecule has 1 fully saturated rings. The van der Waals surface area contributed by atoms with Gasteiger partial charge in [-0.2, -0.15) is 0 Å². The summed E-state index contributed by atoms with van der Waals surface area (Å²) in [5.41, 5.74) is 0. The Bertz CT molecular complexity index is 403. The van der Waals surface area contributed by atoms with Crippen molar-refractivity contribution < 1.29 is 4.74 Å². The van der Waals surface area contributed by atoms with E-state index in [9.17, 15) is 0 Å². The average Bonchev–Trinajstić information content (AvgIpc) is 3.16. The molecule has 0 radical (unpaired) electrons. The highest BCUT2D eigenvalue weighted by atomic mass is 16.5. The van der Waals surface area contributed by atoms with E-state index in [0.29, 0.717) is 6.10 Å². The first-order valence-corrected chi connectivity index (χ1v) is 12.8. The van der Waals surface area contributed by atoms with E-state index >= 15 is 0 Å². The van der Waals surface area contributed by atoms with E-state index in [1.165, 1.54) is 103 Å². The minimum absolute atomic E-state index is 0.441. The van der Waals surface area contributed by atoms with Crippen LogP contribution < -0.4 is 0 Å². The Labute approximate surface area is 183 Å². The molecule has 2 heteroatoms. The maximum atomic E-state index is 6.07. The largest absolute Gasteiger partial charge is 0.378 e. The molecule has 0 spiro atoms. The van der Waals surface area contributed by atoms with Gasteiger partial charge in [0, 0.05) is 13.2 Å². The van der Waals surface area contributed by atoms with E-state index in [4.69, 9.17) is 4.74 Å². The van der Waals surface area contributed by atoms with Crippen LogP contribution in [-0.4, -0.2) is 37.7 Å². The zero-order valence-corrected chi connectivity index (χ0v) is 20.0. The first kappa shape index (κ1) is 26.4. The highest BCUT2D eigenvalue weighted by Crippen LogP contribution is 2.20. The molecular weight excluding hydrogens is 354 g/mol. The second-order valence-electron chi connectivity index (χ2n) is 9.18. The molecule has 0 saturated carbocycles. The predicted molar refractivity (Wildman–Crippen MR) is 130 cm³/mol. The van der Waals surface area contributed by atoms with Crippen molar-refractivity contribution in [1.82, 2.24) is 4.90 Å². The van der Waals surface area contributed by atoms with Crippen LogP contribution in [0.5, 0.6) is 0 Å². The summed E-state index contributed by atoms with van der Waals surface area (Å²) < 4.78 is 6.07. The third-order valence-electron chi connectivity index (χ3n) is 6.32. The lowest BCUT2D eigenvalue weighted by atomic mass is 10.0. The molecule has 2 nitrogen and oxygen atoms in total. The fourth-order valence-corrected chi connectivity index (χ4v) is 4.20. The van der Waals surface area contributed by atoms with Crippen molar-refractivity contribution in [2.24, 2.45) is 5.92 Å². The molecule has 2 atom stereocenters. The molecule has 0 aromatic heterocycles. The summed E-state index contributed by atoms with van der Waals surface area (Å²) in [6.07, 6.45) is 29.8. The van der Waals surface area contributed by atoms with E-state index in [1.807, 2.05) is 0 Å². The van der Waals surface area contributed by atoms with Crippen LogP contribution in [0.25, 0.3) is 0 Å². The SMILES string of the molecule is CCCCC/C=C\C/C=C\CCCCCCCCCCOC(C)C1CCN(C)C1. The summed E-state index contributed by atoms with van der Waals surface area (Å²) in [6, 6.07) is 0. The summed E-state index contributed by atoms with van der Waals surface area (Å²) in [6.45, 7) is 7.95. The van der Waals surface area contributed by atoms with Crippen LogP contribution in [0.15, 0.2) is 24.3 Å². The monoisotopic (exact) mass is 405 g/mol. The summed E-state index contributed by atoms with van der Waals surface area (Å²) in [4.78, 5) is 2.43. The van der Waals surface area contributed by atoms with Gasteiger partial charge in [-0.25, -0.2) is 0 Å². The van der Waals surface area contributed by atoms with Gasteiger partial charge in [0.25, 0.3) is 0 Å². The standard InChI is InChI=1S/C27H51NO/c1-4-5-6-7-8-9-10-11-12-13-14-15-16-17-18-19-20-21-24-29-26(2)27-22-23-28(3)25-27/h8-9,11-12,26-27H,4-7,10,13-25H2,1-3H3/b9-8-,12-11-. The Morgan fingerprint density at radius 1 is 0.828 bits per heavy atom. The first-order valence-electron chi connectivity index (χ1n) is 12.8. The van der Waals surface area contributed by atoms with Crippen LogP contribution in [0, 0.1) is 5.92 Å². The van der Waals surface area contributed by atoms with E-state index in [-0.39, 0.29) is 0 Å². The van der Waals surface area contributed by atoms with Gasteiger partial charge in [-0.05, 0) is 71.4 Å². The number of hydrogen-bond acceptors (Lipinski definition) is 2. The molecule has 1 heterocycles. The second kappa shape index (κ2) is 19.4. The molecule has 0 bridgehead atoms. The van der Waals surface area contributed by atoms with Gasteiger partial charge >= 0.3 is 0 Å². The van der Waals surface area contributed by atoms with Gasteiger partial charge in [0.05, 0.1) is 6.10 Å². The number of hydrogen-bond donors (Lipinski definition) is 0. The molecule has 170 valence electrons. The van der Waals surface area contributed by atoms with Crippen LogP contribution in [0.2, 0.25) is 0 Å².